The number of hydrogen-bond acceptors (Lipinski definition) is 4. The van der Waals surface area contributed by atoms with Gasteiger partial charge in [0.2, 0.25) is 0 Å². The Morgan fingerprint density at radius 1 is 1.67 bits per heavy atom. The monoisotopic (exact) mass is 224 g/mol. The Kier molecular flexibility index (Phi) is 3.75. The van der Waals surface area contributed by atoms with Gasteiger partial charge in [-0.2, -0.15) is 0 Å². The SMILES string of the molecule is CCCNC(C1=CCCO1)c1cscn1. The van der Waals surface area contributed by atoms with E-state index in [9.17, 15) is 0 Å². The highest BCUT2D eigenvalue weighted by Gasteiger charge is 2.21. The van der Waals surface area contributed by atoms with E-state index in [0.29, 0.717) is 0 Å². The molecule has 0 bridgehead atoms. The average molecular weight is 224 g/mol. The van der Waals surface area contributed by atoms with Crippen LogP contribution in [0.1, 0.15) is 31.5 Å². The molecule has 1 N–H and O–H groups in total. The Balaban J connectivity index is 2.09. The number of ether oxygens (including phenoxy) is 1. The number of nitrogens with zero attached hydrogens (tertiary/aromatic N) is 1. The lowest BCUT2D eigenvalue weighted by molar-refractivity contribution is 0.214. The minimum atomic E-state index is 0.152. The first-order chi connectivity index (χ1) is 7.42. The topological polar surface area (TPSA) is 34.1 Å². The zero-order chi connectivity index (χ0) is 10.5. The number of nitrogens with one attached hydrogen (secondary N) is 1. The molecule has 1 atom stereocenters. The van der Waals surface area contributed by atoms with E-state index in [1.165, 1.54) is 0 Å². The molecule has 82 valence electrons. The van der Waals surface area contributed by atoms with E-state index in [1.807, 2.05) is 5.51 Å². The predicted octanol–water partition coefficient (Wildman–Crippen LogP) is 2.49. The number of thiazole rings is 1. The molecule has 0 saturated heterocycles. The molecule has 0 amide bonds. The maximum Gasteiger partial charge on any atom is 0.115 e. The summed E-state index contributed by atoms with van der Waals surface area (Å²) >= 11 is 1.63. The molecule has 1 aliphatic rings. The van der Waals surface area contributed by atoms with Gasteiger partial charge in [-0.05, 0) is 19.0 Å². The van der Waals surface area contributed by atoms with Crippen LogP contribution in [-0.4, -0.2) is 18.1 Å². The summed E-state index contributed by atoms with van der Waals surface area (Å²) in [6, 6.07) is 0.152. The van der Waals surface area contributed by atoms with Crippen molar-refractivity contribution in [3.8, 4) is 0 Å². The first kappa shape index (κ1) is 10.6. The summed E-state index contributed by atoms with van der Waals surface area (Å²) in [7, 11) is 0. The van der Waals surface area contributed by atoms with Crippen molar-refractivity contribution in [2.24, 2.45) is 0 Å². The number of hydrogen-bond donors (Lipinski definition) is 1. The van der Waals surface area contributed by atoms with E-state index < -0.39 is 0 Å². The van der Waals surface area contributed by atoms with E-state index >= 15 is 0 Å². The van der Waals surface area contributed by atoms with Crippen molar-refractivity contribution < 1.29 is 4.74 Å². The summed E-state index contributed by atoms with van der Waals surface area (Å²) in [5, 5.41) is 5.54. The second-order valence-corrected chi connectivity index (χ2v) is 4.26. The van der Waals surface area contributed by atoms with Crippen LogP contribution in [-0.2, 0) is 4.74 Å². The van der Waals surface area contributed by atoms with Gasteiger partial charge in [0.15, 0.2) is 0 Å². The second kappa shape index (κ2) is 5.28. The van der Waals surface area contributed by atoms with E-state index in [2.05, 4.69) is 28.7 Å². The largest absolute Gasteiger partial charge is 0.496 e. The van der Waals surface area contributed by atoms with Crippen LogP contribution < -0.4 is 5.32 Å². The molecule has 2 rings (SSSR count). The molecule has 1 aliphatic heterocycles. The van der Waals surface area contributed by atoms with Crippen molar-refractivity contribution in [2.45, 2.75) is 25.8 Å². The van der Waals surface area contributed by atoms with Gasteiger partial charge in [0.1, 0.15) is 11.8 Å². The summed E-state index contributed by atoms with van der Waals surface area (Å²) < 4.78 is 5.60. The standard InChI is InChI=1S/C11H16N2OS/c1-2-5-12-11(9-7-15-8-13-9)10-4-3-6-14-10/h4,7-8,11-12H,2-3,5-6H2,1H3. The normalized spacial score (nSPS) is 17.3. The second-order valence-electron chi connectivity index (χ2n) is 3.54. The summed E-state index contributed by atoms with van der Waals surface area (Å²) in [5.74, 6) is 1.04. The lowest BCUT2D eigenvalue weighted by Crippen LogP contribution is -2.24. The molecule has 3 nitrogen and oxygen atoms in total. The summed E-state index contributed by atoms with van der Waals surface area (Å²) in [4.78, 5) is 4.35. The molecule has 15 heavy (non-hydrogen) atoms. The predicted molar refractivity (Wildman–Crippen MR) is 61.8 cm³/mol. The zero-order valence-corrected chi connectivity index (χ0v) is 9.72. The summed E-state index contributed by atoms with van der Waals surface area (Å²) in [6.45, 7) is 3.96. The molecule has 0 saturated carbocycles. The van der Waals surface area contributed by atoms with Gasteiger partial charge < -0.3 is 10.1 Å². The van der Waals surface area contributed by atoms with Crippen molar-refractivity contribution in [2.75, 3.05) is 13.2 Å². The molecule has 0 radical (unpaired) electrons. The molecule has 0 fully saturated rings. The van der Waals surface area contributed by atoms with Crippen LogP contribution in [0.5, 0.6) is 0 Å². The summed E-state index contributed by atoms with van der Waals surface area (Å²) in [5.41, 5.74) is 2.94. The highest BCUT2D eigenvalue weighted by atomic mass is 32.1. The van der Waals surface area contributed by atoms with Gasteiger partial charge in [0.25, 0.3) is 0 Å². The van der Waals surface area contributed by atoms with E-state index in [4.69, 9.17) is 4.74 Å². The maximum absolute atomic E-state index is 5.60. The van der Waals surface area contributed by atoms with Gasteiger partial charge in [-0.25, -0.2) is 4.98 Å². The lowest BCUT2D eigenvalue weighted by atomic mass is 10.1. The van der Waals surface area contributed by atoms with Crippen LogP contribution in [0.15, 0.2) is 22.7 Å². The van der Waals surface area contributed by atoms with Gasteiger partial charge in [-0.3, -0.25) is 0 Å². The highest BCUT2D eigenvalue weighted by Crippen LogP contribution is 2.26. The van der Waals surface area contributed by atoms with Gasteiger partial charge in [-0.1, -0.05) is 6.92 Å². The zero-order valence-electron chi connectivity index (χ0n) is 8.90. The van der Waals surface area contributed by atoms with Gasteiger partial charge in [0.05, 0.1) is 17.8 Å². The lowest BCUT2D eigenvalue weighted by Gasteiger charge is -2.17. The Morgan fingerprint density at radius 2 is 2.60 bits per heavy atom. The van der Waals surface area contributed by atoms with Crippen LogP contribution in [0.4, 0.5) is 0 Å². The van der Waals surface area contributed by atoms with Crippen LogP contribution in [0.3, 0.4) is 0 Å². The van der Waals surface area contributed by atoms with Crippen molar-refractivity contribution in [3.63, 3.8) is 0 Å². The third-order valence-electron chi connectivity index (χ3n) is 2.36. The minimum absolute atomic E-state index is 0.152. The minimum Gasteiger partial charge on any atom is -0.496 e. The molecule has 2 heterocycles. The molecule has 0 aliphatic carbocycles. The Morgan fingerprint density at radius 3 is 3.20 bits per heavy atom. The van der Waals surface area contributed by atoms with Crippen molar-refractivity contribution in [1.29, 1.82) is 0 Å². The quantitative estimate of drug-likeness (QED) is 0.834. The van der Waals surface area contributed by atoms with Gasteiger partial charge in [-0.15, -0.1) is 11.3 Å². The molecule has 4 heteroatoms. The fraction of sp³-hybridized carbons (Fsp3) is 0.545. The molecule has 0 spiro atoms. The molecule has 1 aromatic rings. The third kappa shape index (κ3) is 2.58. The Labute approximate surface area is 94.2 Å². The number of aromatic nitrogens is 1. The average Bonchev–Trinajstić information content (AvgIpc) is 2.90. The van der Waals surface area contributed by atoms with Crippen molar-refractivity contribution in [3.05, 3.63) is 28.4 Å². The first-order valence-electron chi connectivity index (χ1n) is 5.36. The maximum atomic E-state index is 5.60. The Bertz CT molecular complexity index is 321. The fourth-order valence-corrected chi connectivity index (χ4v) is 2.22. The Hall–Kier alpha value is -0.870. The third-order valence-corrected chi connectivity index (χ3v) is 2.97. The summed E-state index contributed by atoms with van der Waals surface area (Å²) in [6.07, 6.45) is 4.30. The van der Waals surface area contributed by atoms with Crippen molar-refractivity contribution >= 4 is 11.3 Å². The van der Waals surface area contributed by atoms with Crippen molar-refractivity contribution in [1.82, 2.24) is 10.3 Å². The number of rotatable bonds is 5. The van der Waals surface area contributed by atoms with Gasteiger partial charge >= 0.3 is 0 Å². The molecular weight excluding hydrogens is 208 g/mol. The molecule has 1 aromatic heterocycles. The van der Waals surface area contributed by atoms with Gasteiger partial charge in [0, 0.05) is 11.8 Å². The van der Waals surface area contributed by atoms with E-state index in [-0.39, 0.29) is 6.04 Å². The molecule has 0 aromatic carbocycles. The molecule has 1 unspecified atom stereocenters. The molecular formula is C11H16N2OS. The highest BCUT2D eigenvalue weighted by molar-refractivity contribution is 7.07. The van der Waals surface area contributed by atoms with Crippen LogP contribution in [0.25, 0.3) is 0 Å². The van der Waals surface area contributed by atoms with Crippen LogP contribution in [0, 0.1) is 0 Å². The van der Waals surface area contributed by atoms with E-state index in [1.54, 1.807) is 11.3 Å². The van der Waals surface area contributed by atoms with Crippen LogP contribution >= 0.6 is 11.3 Å². The fourth-order valence-electron chi connectivity index (χ4n) is 1.64. The smallest absolute Gasteiger partial charge is 0.115 e. The van der Waals surface area contributed by atoms with Crippen LogP contribution in [0.2, 0.25) is 0 Å². The van der Waals surface area contributed by atoms with E-state index in [0.717, 1.165) is 37.4 Å². The first-order valence-corrected chi connectivity index (χ1v) is 6.30.